The highest BCUT2D eigenvalue weighted by Crippen LogP contribution is 2.24. The van der Waals surface area contributed by atoms with Crippen molar-refractivity contribution in [2.24, 2.45) is 4.99 Å². The number of H-pyrrole nitrogens is 1. The van der Waals surface area contributed by atoms with Crippen LogP contribution in [-0.4, -0.2) is 26.9 Å². The minimum absolute atomic E-state index is 0.00438. The standard InChI is InChI=1S/C16H17N3O3/c1-9-3-6-12(7-10(9)2)19-15(21)13(8-17-11-4-5-11)14(20)18-16(19)22/h3,6-8,11,21H,4-5H2,1-2H3,(H,18,20,22). The zero-order valence-electron chi connectivity index (χ0n) is 12.5. The molecule has 0 spiro atoms. The summed E-state index contributed by atoms with van der Waals surface area (Å²) in [5, 5.41) is 10.3. The molecule has 0 unspecified atom stereocenters. The molecule has 6 heteroatoms. The maximum absolute atomic E-state index is 12.1. The number of benzene rings is 1. The molecule has 0 saturated heterocycles. The molecular weight excluding hydrogens is 282 g/mol. The van der Waals surface area contributed by atoms with Gasteiger partial charge in [0, 0.05) is 6.21 Å². The average Bonchev–Trinajstić information content (AvgIpc) is 3.26. The van der Waals surface area contributed by atoms with Crippen LogP contribution in [0.4, 0.5) is 0 Å². The molecular formula is C16H17N3O3. The number of hydrogen-bond acceptors (Lipinski definition) is 4. The molecule has 0 amide bonds. The van der Waals surface area contributed by atoms with E-state index in [1.54, 1.807) is 12.1 Å². The second-order valence-electron chi connectivity index (χ2n) is 5.61. The fourth-order valence-electron chi connectivity index (χ4n) is 2.16. The van der Waals surface area contributed by atoms with Crippen LogP contribution in [0.25, 0.3) is 5.69 Å². The summed E-state index contributed by atoms with van der Waals surface area (Å²) in [4.78, 5) is 30.4. The minimum Gasteiger partial charge on any atom is -0.493 e. The highest BCUT2D eigenvalue weighted by atomic mass is 16.3. The van der Waals surface area contributed by atoms with Gasteiger partial charge in [0.15, 0.2) is 0 Å². The third-order valence-corrected chi connectivity index (χ3v) is 3.83. The second-order valence-corrected chi connectivity index (χ2v) is 5.61. The molecule has 1 saturated carbocycles. The van der Waals surface area contributed by atoms with Gasteiger partial charge in [-0.05, 0) is 49.9 Å². The SMILES string of the molecule is Cc1ccc(-n2c(O)c(C=NC3CC3)c(=O)[nH]c2=O)cc1C. The van der Waals surface area contributed by atoms with E-state index in [-0.39, 0.29) is 17.5 Å². The van der Waals surface area contributed by atoms with Gasteiger partial charge in [0.2, 0.25) is 5.88 Å². The number of nitrogens with one attached hydrogen (secondary N) is 1. The number of hydrogen-bond donors (Lipinski definition) is 2. The Morgan fingerprint density at radius 1 is 1.27 bits per heavy atom. The van der Waals surface area contributed by atoms with Crippen LogP contribution in [0, 0.1) is 13.8 Å². The van der Waals surface area contributed by atoms with Crippen molar-refractivity contribution in [2.45, 2.75) is 32.7 Å². The highest BCUT2D eigenvalue weighted by Gasteiger charge is 2.20. The Hall–Kier alpha value is -2.63. The van der Waals surface area contributed by atoms with Crippen LogP contribution in [0.1, 0.15) is 29.5 Å². The number of nitrogens with zero attached hydrogens (tertiary/aromatic N) is 2. The van der Waals surface area contributed by atoms with Crippen LogP contribution in [0.15, 0.2) is 32.8 Å². The molecule has 0 bridgehead atoms. The van der Waals surface area contributed by atoms with Gasteiger partial charge in [-0.3, -0.25) is 14.8 Å². The Morgan fingerprint density at radius 3 is 2.64 bits per heavy atom. The Morgan fingerprint density at radius 2 is 2.00 bits per heavy atom. The van der Waals surface area contributed by atoms with E-state index in [1.807, 2.05) is 19.9 Å². The van der Waals surface area contributed by atoms with E-state index in [4.69, 9.17) is 0 Å². The molecule has 0 radical (unpaired) electrons. The predicted octanol–water partition coefficient (Wildman–Crippen LogP) is 1.43. The normalized spacial score (nSPS) is 14.6. The van der Waals surface area contributed by atoms with E-state index in [9.17, 15) is 14.7 Å². The Kier molecular flexibility index (Phi) is 3.44. The predicted molar refractivity (Wildman–Crippen MR) is 84.4 cm³/mol. The molecule has 0 atom stereocenters. The minimum atomic E-state index is -0.672. The Bertz CT molecular complexity index is 873. The van der Waals surface area contributed by atoms with Gasteiger partial charge in [-0.25, -0.2) is 9.36 Å². The van der Waals surface area contributed by atoms with Crippen molar-refractivity contribution in [3.8, 4) is 11.6 Å². The number of rotatable bonds is 3. The summed E-state index contributed by atoms with van der Waals surface area (Å²) in [6.45, 7) is 3.88. The van der Waals surface area contributed by atoms with Crippen LogP contribution in [0.3, 0.4) is 0 Å². The quantitative estimate of drug-likeness (QED) is 0.840. The first-order valence-corrected chi connectivity index (χ1v) is 7.16. The van der Waals surface area contributed by atoms with Crippen molar-refractivity contribution in [2.75, 3.05) is 0 Å². The largest absolute Gasteiger partial charge is 0.493 e. The molecule has 2 N–H and O–H groups in total. The molecule has 3 rings (SSSR count). The van der Waals surface area contributed by atoms with Crippen LogP contribution in [-0.2, 0) is 0 Å². The molecule has 0 aliphatic heterocycles. The van der Waals surface area contributed by atoms with Gasteiger partial charge < -0.3 is 5.11 Å². The molecule has 1 fully saturated rings. The van der Waals surface area contributed by atoms with Crippen molar-refractivity contribution in [3.63, 3.8) is 0 Å². The van der Waals surface area contributed by atoms with E-state index in [1.165, 1.54) is 6.21 Å². The first-order chi connectivity index (χ1) is 10.5. The number of aryl methyl sites for hydroxylation is 2. The van der Waals surface area contributed by atoms with Crippen LogP contribution >= 0.6 is 0 Å². The molecule has 1 aliphatic carbocycles. The van der Waals surface area contributed by atoms with Crippen LogP contribution < -0.4 is 11.2 Å². The maximum atomic E-state index is 12.1. The molecule has 1 aromatic heterocycles. The van der Waals surface area contributed by atoms with Crippen molar-refractivity contribution in [1.29, 1.82) is 0 Å². The molecule has 2 aromatic rings. The molecule has 6 nitrogen and oxygen atoms in total. The zero-order chi connectivity index (χ0) is 15.9. The highest BCUT2D eigenvalue weighted by molar-refractivity contribution is 5.82. The fourth-order valence-corrected chi connectivity index (χ4v) is 2.16. The van der Waals surface area contributed by atoms with Gasteiger partial charge in [0.05, 0.1) is 11.7 Å². The lowest BCUT2D eigenvalue weighted by Crippen LogP contribution is -2.31. The van der Waals surface area contributed by atoms with E-state index >= 15 is 0 Å². The van der Waals surface area contributed by atoms with E-state index in [2.05, 4.69) is 9.98 Å². The number of aromatic nitrogens is 2. The lowest BCUT2D eigenvalue weighted by Gasteiger charge is -2.11. The summed E-state index contributed by atoms with van der Waals surface area (Å²) < 4.78 is 1.09. The van der Waals surface area contributed by atoms with Crippen LogP contribution in [0.5, 0.6) is 5.88 Å². The first-order valence-electron chi connectivity index (χ1n) is 7.16. The second kappa shape index (κ2) is 5.29. The van der Waals surface area contributed by atoms with E-state index in [0.29, 0.717) is 5.69 Å². The molecule has 1 aliphatic rings. The van der Waals surface area contributed by atoms with E-state index < -0.39 is 11.2 Å². The average molecular weight is 299 g/mol. The van der Waals surface area contributed by atoms with Gasteiger partial charge in [-0.1, -0.05) is 6.07 Å². The summed E-state index contributed by atoms with van der Waals surface area (Å²) in [5.41, 5.74) is 1.27. The fraction of sp³-hybridized carbons (Fsp3) is 0.312. The van der Waals surface area contributed by atoms with Gasteiger partial charge in [-0.15, -0.1) is 0 Å². The third kappa shape index (κ3) is 2.59. The monoisotopic (exact) mass is 299 g/mol. The van der Waals surface area contributed by atoms with Gasteiger partial charge in [0.25, 0.3) is 5.56 Å². The summed E-state index contributed by atoms with van der Waals surface area (Å²) >= 11 is 0. The summed E-state index contributed by atoms with van der Waals surface area (Å²) in [5.74, 6) is -0.388. The molecule has 1 aromatic carbocycles. The topological polar surface area (TPSA) is 87.4 Å². The van der Waals surface area contributed by atoms with Crippen molar-refractivity contribution >= 4 is 6.21 Å². The van der Waals surface area contributed by atoms with Crippen LogP contribution in [0.2, 0.25) is 0 Å². The number of aromatic amines is 1. The van der Waals surface area contributed by atoms with Crippen molar-refractivity contribution < 1.29 is 5.11 Å². The summed E-state index contributed by atoms with van der Waals surface area (Å²) in [6, 6.07) is 5.60. The lowest BCUT2D eigenvalue weighted by molar-refractivity contribution is 0.430. The van der Waals surface area contributed by atoms with Gasteiger partial charge in [0.1, 0.15) is 5.56 Å². The molecule has 114 valence electrons. The zero-order valence-corrected chi connectivity index (χ0v) is 12.5. The van der Waals surface area contributed by atoms with Crippen molar-refractivity contribution in [1.82, 2.24) is 9.55 Å². The first kappa shape index (κ1) is 14.3. The third-order valence-electron chi connectivity index (χ3n) is 3.83. The molecule has 22 heavy (non-hydrogen) atoms. The summed E-state index contributed by atoms with van der Waals surface area (Å²) in [7, 11) is 0. The number of aromatic hydroxyl groups is 1. The van der Waals surface area contributed by atoms with Crippen molar-refractivity contribution in [3.05, 3.63) is 55.7 Å². The maximum Gasteiger partial charge on any atom is 0.335 e. The summed E-state index contributed by atoms with van der Waals surface area (Å²) in [6.07, 6.45) is 3.33. The smallest absolute Gasteiger partial charge is 0.335 e. The Labute approximate surface area is 126 Å². The van der Waals surface area contributed by atoms with Gasteiger partial charge in [-0.2, -0.15) is 0 Å². The lowest BCUT2D eigenvalue weighted by atomic mass is 10.1. The number of aliphatic imine (C=N–C) groups is 1. The van der Waals surface area contributed by atoms with Gasteiger partial charge >= 0.3 is 5.69 Å². The Balaban J connectivity index is 2.18. The molecule has 1 heterocycles. The van der Waals surface area contributed by atoms with E-state index in [0.717, 1.165) is 28.5 Å².